The molecule has 0 aliphatic rings. The van der Waals surface area contributed by atoms with Crippen molar-refractivity contribution in [2.75, 3.05) is 11.9 Å². The van der Waals surface area contributed by atoms with E-state index in [0.717, 1.165) is 16.8 Å². The lowest BCUT2D eigenvalue weighted by Crippen LogP contribution is -2.22. The van der Waals surface area contributed by atoms with Gasteiger partial charge in [0.05, 0.1) is 0 Å². The molecule has 5 heteroatoms. The first-order chi connectivity index (χ1) is 11.3. The van der Waals surface area contributed by atoms with E-state index >= 15 is 0 Å². The van der Waals surface area contributed by atoms with Gasteiger partial charge in [-0.25, -0.2) is 4.79 Å². The van der Waals surface area contributed by atoms with Gasteiger partial charge in [-0.2, -0.15) is 0 Å². The molecule has 0 unspecified atom stereocenters. The minimum atomic E-state index is -0.562. The van der Waals surface area contributed by atoms with Crippen LogP contribution in [0.5, 0.6) is 0 Å². The summed E-state index contributed by atoms with van der Waals surface area (Å²) in [5.41, 5.74) is 3.15. The van der Waals surface area contributed by atoms with Crippen molar-refractivity contribution in [3.8, 4) is 0 Å². The third-order valence-corrected chi connectivity index (χ3v) is 3.79. The zero-order valence-electron chi connectivity index (χ0n) is 14.7. The van der Waals surface area contributed by atoms with Gasteiger partial charge in [-0.3, -0.25) is 4.79 Å². The second-order valence-electron chi connectivity index (χ2n) is 6.15. The minimum absolute atomic E-state index is 0.277. The van der Waals surface area contributed by atoms with Gasteiger partial charge in [-0.15, -0.1) is 0 Å². The number of esters is 1. The maximum atomic E-state index is 12.2. The summed E-state index contributed by atoms with van der Waals surface area (Å²) in [6, 6.07) is 7.49. The lowest BCUT2D eigenvalue weighted by atomic mass is 9.98. The second-order valence-corrected chi connectivity index (χ2v) is 6.15. The molecule has 5 nitrogen and oxygen atoms in total. The predicted octanol–water partition coefficient (Wildman–Crippen LogP) is 4.12. The molecule has 1 amide bonds. The van der Waals surface area contributed by atoms with Crippen LogP contribution < -0.4 is 5.32 Å². The summed E-state index contributed by atoms with van der Waals surface area (Å²) in [5, 5.41) is 2.85. The molecular formula is C19H23NO4. The molecule has 2 rings (SSSR count). The normalized spacial score (nSPS) is 10.8. The monoisotopic (exact) mass is 329 g/mol. The first-order valence-electron chi connectivity index (χ1n) is 7.93. The van der Waals surface area contributed by atoms with Crippen LogP contribution >= 0.6 is 0 Å². The zero-order valence-corrected chi connectivity index (χ0v) is 14.7. The maximum Gasteiger partial charge on any atom is 0.342 e. The largest absolute Gasteiger partial charge is 0.466 e. The van der Waals surface area contributed by atoms with Crippen LogP contribution in [-0.2, 0) is 9.53 Å². The second kappa shape index (κ2) is 7.34. The molecule has 0 fully saturated rings. The number of ether oxygens (including phenoxy) is 1. The lowest BCUT2D eigenvalue weighted by Gasteiger charge is -2.16. The zero-order chi connectivity index (χ0) is 17.9. The number of aryl methyl sites for hydroxylation is 3. The van der Waals surface area contributed by atoms with Gasteiger partial charge in [0.2, 0.25) is 0 Å². The first-order valence-corrected chi connectivity index (χ1v) is 7.93. The molecule has 24 heavy (non-hydrogen) atoms. The van der Waals surface area contributed by atoms with Crippen molar-refractivity contribution in [2.45, 2.75) is 40.5 Å². The van der Waals surface area contributed by atoms with Gasteiger partial charge in [-0.05, 0) is 43.9 Å². The summed E-state index contributed by atoms with van der Waals surface area (Å²) in [4.78, 5) is 24.2. The fourth-order valence-electron chi connectivity index (χ4n) is 2.56. The number of rotatable bonds is 5. The van der Waals surface area contributed by atoms with Crippen molar-refractivity contribution >= 4 is 17.6 Å². The number of benzene rings is 1. The van der Waals surface area contributed by atoms with Gasteiger partial charge in [0.1, 0.15) is 17.1 Å². The first kappa shape index (κ1) is 17.8. The van der Waals surface area contributed by atoms with E-state index in [1.54, 1.807) is 19.9 Å². The molecule has 1 N–H and O–H groups in total. The van der Waals surface area contributed by atoms with Crippen molar-refractivity contribution in [3.63, 3.8) is 0 Å². The molecule has 0 saturated carbocycles. The molecule has 1 aromatic heterocycles. The molecule has 0 radical (unpaired) electrons. The topological polar surface area (TPSA) is 68.5 Å². The Balaban J connectivity index is 2.02. The molecule has 0 aliphatic carbocycles. The third-order valence-electron chi connectivity index (χ3n) is 3.79. The van der Waals surface area contributed by atoms with Crippen molar-refractivity contribution in [1.29, 1.82) is 0 Å². The Hall–Kier alpha value is -2.56. The number of amides is 1. The number of hydrogen-bond acceptors (Lipinski definition) is 4. The van der Waals surface area contributed by atoms with E-state index in [2.05, 4.69) is 19.2 Å². The van der Waals surface area contributed by atoms with Crippen LogP contribution in [0.1, 0.15) is 52.8 Å². The van der Waals surface area contributed by atoms with Crippen molar-refractivity contribution in [1.82, 2.24) is 0 Å². The van der Waals surface area contributed by atoms with E-state index in [1.165, 1.54) is 0 Å². The van der Waals surface area contributed by atoms with Crippen LogP contribution in [0.15, 0.2) is 28.7 Å². The van der Waals surface area contributed by atoms with Crippen LogP contribution in [-0.4, -0.2) is 18.5 Å². The Bertz CT molecular complexity index is 759. The van der Waals surface area contributed by atoms with Gasteiger partial charge in [0.25, 0.3) is 5.91 Å². The van der Waals surface area contributed by atoms with Crippen molar-refractivity contribution in [3.05, 3.63) is 52.5 Å². The summed E-state index contributed by atoms with van der Waals surface area (Å²) < 4.78 is 10.4. The van der Waals surface area contributed by atoms with Crippen LogP contribution in [0, 0.1) is 20.8 Å². The predicted molar refractivity (Wildman–Crippen MR) is 92.4 cm³/mol. The lowest BCUT2D eigenvalue weighted by molar-refractivity contribution is -0.119. The smallest absolute Gasteiger partial charge is 0.342 e. The Morgan fingerprint density at radius 3 is 2.50 bits per heavy atom. The van der Waals surface area contributed by atoms with Gasteiger partial charge in [0, 0.05) is 5.69 Å². The van der Waals surface area contributed by atoms with Gasteiger partial charge in [-0.1, -0.05) is 32.0 Å². The van der Waals surface area contributed by atoms with E-state index in [9.17, 15) is 9.59 Å². The molecule has 0 aliphatic heterocycles. The average molecular weight is 329 g/mol. The number of furan rings is 1. The van der Waals surface area contributed by atoms with E-state index in [0.29, 0.717) is 17.1 Å². The molecule has 1 aromatic carbocycles. The number of para-hydroxylation sites is 1. The highest BCUT2D eigenvalue weighted by Crippen LogP contribution is 2.27. The number of anilines is 1. The van der Waals surface area contributed by atoms with Crippen LogP contribution in [0.2, 0.25) is 0 Å². The average Bonchev–Trinajstić information content (AvgIpc) is 2.85. The van der Waals surface area contributed by atoms with Crippen molar-refractivity contribution in [2.24, 2.45) is 0 Å². The molecule has 0 bridgehead atoms. The van der Waals surface area contributed by atoms with Gasteiger partial charge < -0.3 is 14.5 Å². The summed E-state index contributed by atoms with van der Waals surface area (Å²) in [6.45, 7) is 9.16. The third kappa shape index (κ3) is 4.04. The van der Waals surface area contributed by atoms with Gasteiger partial charge >= 0.3 is 5.97 Å². The van der Waals surface area contributed by atoms with Gasteiger partial charge in [0.15, 0.2) is 6.61 Å². The number of carbonyl (C=O) groups excluding carboxylic acids is 2. The fraction of sp³-hybridized carbons (Fsp3) is 0.368. The Morgan fingerprint density at radius 1 is 1.21 bits per heavy atom. The van der Waals surface area contributed by atoms with E-state index in [1.807, 2.05) is 25.1 Å². The van der Waals surface area contributed by atoms with E-state index < -0.39 is 5.97 Å². The van der Waals surface area contributed by atoms with Crippen molar-refractivity contribution < 1.29 is 18.7 Å². The molecule has 2 aromatic rings. The molecule has 0 spiro atoms. The van der Waals surface area contributed by atoms with Crippen LogP contribution in [0.3, 0.4) is 0 Å². The van der Waals surface area contributed by atoms with E-state index in [-0.39, 0.29) is 18.4 Å². The summed E-state index contributed by atoms with van der Waals surface area (Å²) in [5.74, 6) is 0.467. The molecular weight excluding hydrogens is 306 g/mol. The molecule has 0 saturated heterocycles. The standard InChI is InChI=1S/C19H23NO4/c1-11(2)15-8-6-7-12(3)18(15)20-17(21)10-23-19(22)16-9-13(4)24-14(16)5/h6-9,11H,10H2,1-5H3,(H,20,21). The summed E-state index contributed by atoms with van der Waals surface area (Å²) in [7, 11) is 0. The highest BCUT2D eigenvalue weighted by molar-refractivity contribution is 5.96. The number of hydrogen-bond donors (Lipinski definition) is 1. The minimum Gasteiger partial charge on any atom is -0.466 e. The highest BCUT2D eigenvalue weighted by Gasteiger charge is 2.17. The molecule has 128 valence electrons. The maximum absolute atomic E-state index is 12.2. The Labute approximate surface area is 142 Å². The molecule has 0 atom stereocenters. The Morgan fingerprint density at radius 2 is 1.92 bits per heavy atom. The number of carbonyl (C=O) groups is 2. The number of nitrogens with one attached hydrogen (secondary N) is 1. The Kier molecular flexibility index (Phi) is 5.44. The van der Waals surface area contributed by atoms with Crippen LogP contribution in [0.4, 0.5) is 5.69 Å². The summed E-state index contributed by atoms with van der Waals surface area (Å²) in [6.07, 6.45) is 0. The van der Waals surface area contributed by atoms with Crippen LogP contribution in [0.25, 0.3) is 0 Å². The summed E-state index contributed by atoms with van der Waals surface area (Å²) >= 11 is 0. The quantitative estimate of drug-likeness (QED) is 0.838. The SMILES string of the molecule is Cc1cc(C(=O)OCC(=O)Nc2c(C)cccc2C(C)C)c(C)o1. The highest BCUT2D eigenvalue weighted by atomic mass is 16.5. The van der Waals surface area contributed by atoms with E-state index in [4.69, 9.17) is 9.15 Å². The molecule has 1 heterocycles. The fourth-order valence-corrected chi connectivity index (χ4v) is 2.56.